The molecule has 2 heterocycles. The van der Waals surface area contributed by atoms with Gasteiger partial charge in [-0.1, -0.05) is 30.3 Å². The van der Waals surface area contributed by atoms with Crippen LogP contribution >= 0.6 is 0 Å². The first kappa shape index (κ1) is 18.6. The third-order valence-electron chi connectivity index (χ3n) is 4.67. The van der Waals surface area contributed by atoms with E-state index in [2.05, 4.69) is 10.3 Å². The standard InChI is InChI=1S/C20H21N3O4/c24-18(22-17(20(26)27)14-5-2-1-3-6-14)16-7-4-12-23(13-16)19(25)15-8-10-21-11-9-15/h1-3,5-6,8-11,16-17H,4,7,12-13H2,(H,22,24)(H,26,27)/t16?,17-/m1/s1. The Balaban J connectivity index is 1.67. The second-order valence-corrected chi connectivity index (χ2v) is 6.52. The minimum absolute atomic E-state index is 0.146. The minimum atomic E-state index is -1.12. The van der Waals surface area contributed by atoms with Gasteiger partial charge in [0, 0.05) is 31.0 Å². The van der Waals surface area contributed by atoms with Crippen molar-refractivity contribution in [3.05, 3.63) is 66.0 Å². The van der Waals surface area contributed by atoms with Crippen LogP contribution in [0, 0.1) is 5.92 Å². The van der Waals surface area contributed by atoms with Crippen molar-refractivity contribution in [3.8, 4) is 0 Å². The number of carboxylic acids is 1. The molecule has 1 aliphatic rings. The predicted octanol–water partition coefficient (Wildman–Crippen LogP) is 1.88. The van der Waals surface area contributed by atoms with Crippen LogP contribution in [0.4, 0.5) is 0 Å². The van der Waals surface area contributed by atoms with E-state index >= 15 is 0 Å². The van der Waals surface area contributed by atoms with Gasteiger partial charge in [0.25, 0.3) is 5.91 Å². The van der Waals surface area contributed by atoms with Gasteiger partial charge in [-0.05, 0) is 30.5 Å². The summed E-state index contributed by atoms with van der Waals surface area (Å²) >= 11 is 0. The molecule has 1 aliphatic heterocycles. The number of hydrogen-bond acceptors (Lipinski definition) is 4. The van der Waals surface area contributed by atoms with Crippen molar-refractivity contribution in [1.29, 1.82) is 0 Å². The molecule has 7 nitrogen and oxygen atoms in total. The molecule has 7 heteroatoms. The van der Waals surface area contributed by atoms with Gasteiger partial charge in [0.1, 0.15) is 0 Å². The van der Waals surface area contributed by atoms with Crippen LogP contribution in [0.3, 0.4) is 0 Å². The number of likely N-dealkylation sites (tertiary alicyclic amines) is 1. The molecule has 0 bridgehead atoms. The minimum Gasteiger partial charge on any atom is -0.479 e. The quantitative estimate of drug-likeness (QED) is 0.840. The lowest BCUT2D eigenvalue weighted by molar-refractivity contribution is -0.143. The highest BCUT2D eigenvalue weighted by atomic mass is 16.4. The van der Waals surface area contributed by atoms with Gasteiger partial charge in [0.2, 0.25) is 5.91 Å². The monoisotopic (exact) mass is 367 g/mol. The molecule has 0 saturated carbocycles. The summed E-state index contributed by atoms with van der Waals surface area (Å²) in [6, 6.07) is 10.8. The van der Waals surface area contributed by atoms with Crippen molar-refractivity contribution in [2.45, 2.75) is 18.9 Å². The first-order valence-electron chi connectivity index (χ1n) is 8.83. The Morgan fingerprint density at radius 3 is 2.48 bits per heavy atom. The van der Waals surface area contributed by atoms with Crippen LogP contribution in [-0.4, -0.2) is 45.9 Å². The maximum atomic E-state index is 12.7. The molecule has 2 N–H and O–H groups in total. The average Bonchev–Trinajstić information content (AvgIpc) is 2.72. The number of pyridine rings is 1. The van der Waals surface area contributed by atoms with E-state index in [0.717, 1.165) is 0 Å². The number of carbonyl (C=O) groups is 3. The molecule has 2 amide bonds. The first-order valence-corrected chi connectivity index (χ1v) is 8.83. The van der Waals surface area contributed by atoms with Crippen LogP contribution in [0.5, 0.6) is 0 Å². The molecule has 1 unspecified atom stereocenters. The van der Waals surface area contributed by atoms with Crippen molar-refractivity contribution in [1.82, 2.24) is 15.2 Å². The molecule has 1 aromatic heterocycles. The Morgan fingerprint density at radius 2 is 1.81 bits per heavy atom. The van der Waals surface area contributed by atoms with Crippen LogP contribution in [-0.2, 0) is 9.59 Å². The van der Waals surface area contributed by atoms with Gasteiger partial charge in [-0.25, -0.2) is 4.79 Å². The first-order chi connectivity index (χ1) is 13.1. The number of benzene rings is 1. The van der Waals surface area contributed by atoms with E-state index in [1.54, 1.807) is 59.8 Å². The van der Waals surface area contributed by atoms with Crippen LogP contribution < -0.4 is 5.32 Å². The van der Waals surface area contributed by atoms with E-state index in [1.807, 2.05) is 0 Å². The van der Waals surface area contributed by atoms with Crippen molar-refractivity contribution in [3.63, 3.8) is 0 Å². The second kappa shape index (κ2) is 8.44. The summed E-state index contributed by atoms with van der Waals surface area (Å²) in [4.78, 5) is 42.4. The molecule has 140 valence electrons. The lowest BCUT2D eigenvalue weighted by Gasteiger charge is -2.32. The Bertz CT molecular complexity index is 810. The van der Waals surface area contributed by atoms with Crippen LogP contribution in [0.15, 0.2) is 54.9 Å². The van der Waals surface area contributed by atoms with E-state index in [0.29, 0.717) is 30.5 Å². The molecule has 1 fully saturated rings. The fourth-order valence-corrected chi connectivity index (χ4v) is 3.25. The summed E-state index contributed by atoms with van der Waals surface area (Å²) in [6.45, 7) is 0.847. The lowest BCUT2D eigenvalue weighted by Crippen LogP contribution is -2.47. The SMILES string of the molecule is O=C(N[C@@H](C(=O)O)c1ccccc1)C1CCCN(C(=O)c2ccncc2)C1. The third kappa shape index (κ3) is 4.49. The predicted molar refractivity (Wildman–Crippen MR) is 97.8 cm³/mol. The lowest BCUT2D eigenvalue weighted by atomic mass is 9.95. The van der Waals surface area contributed by atoms with Gasteiger partial charge in [-0.3, -0.25) is 14.6 Å². The normalized spacial score (nSPS) is 17.8. The smallest absolute Gasteiger partial charge is 0.330 e. The van der Waals surface area contributed by atoms with Gasteiger partial charge in [0.05, 0.1) is 5.92 Å². The zero-order valence-electron chi connectivity index (χ0n) is 14.7. The molecule has 2 atom stereocenters. The summed E-state index contributed by atoms with van der Waals surface area (Å²) < 4.78 is 0. The zero-order valence-corrected chi connectivity index (χ0v) is 14.7. The van der Waals surface area contributed by atoms with Crippen molar-refractivity contribution in [2.75, 3.05) is 13.1 Å². The number of nitrogens with one attached hydrogen (secondary N) is 1. The van der Waals surface area contributed by atoms with Gasteiger partial charge in [-0.2, -0.15) is 0 Å². The van der Waals surface area contributed by atoms with E-state index in [1.165, 1.54) is 0 Å². The summed E-state index contributed by atoms with van der Waals surface area (Å²) in [6.07, 6.45) is 4.42. The van der Waals surface area contributed by atoms with Gasteiger partial charge >= 0.3 is 5.97 Å². The van der Waals surface area contributed by atoms with Gasteiger partial charge in [-0.15, -0.1) is 0 Å². The topological polar surface area (TPSA) is 99.6 Å². The second-order valence-electron chi connectivity index (χ2n) is 6.52. The number of rotatable bonds is 5. The highest BCUT2D eigenvalue weighted by molar-refractivity contribution is 5.94. The van der Waals surface area contributed by atoms with Crippen molar-refractivity contribution < 1.29 is 19.5 Å². The molecule has 2 aromatic rings. The van der Waals surface area contributed by atoms with Crippen molar-refractivity contribution in [2.24, 2.45) is 5.92 Å². The Morgan fingerprint density at radius 1 is 1.11 bits per heavy atom. The largest absolute Gasteiger partial charge is 0.479 e. The number of carbonyl (C=O) groups excluding carboxylic acids is 2. The Kier molecular flexibility index (Phi) is 5.80. The Hall–Kier alpha value is -3.22. The molecule has 0 radical (unpaired) electrons. The molecular weight excluding hydrogens is 346 g/mol. The summed E-state index contributed by atoms with van der Waals surface area (Å²) in [5, 5.41) is 12.1. The molecule has 27 heavy (non-hydrogen) atoms. The average molecular weight is 367 g/mol. The number of amides is 2. The highest BCUT2D eigenvalue weighted by Gasteiger charge is 2.31. The molecule has 0 spiro atoms. The molecule has 1 saturated heterocycles. The van der Waals surface area contributed by atoms with Crippen LogP contribution in [0.1, 0.15) is 34.8 Å². The van der Waals surface area contributed by atoms with E-state index in [9.17, 15) is 19.5 Å². The van der Waals surface area contributed by atoms with E-state index < -0.39 is 17.9 Å². The molecule has 3 rings (SSSR count). The number of piperidine rings is 1. The molecule has 0 aliphatic carbocycles. The summed E-state index contributed by atoms with van der Waals surface area (Å²) in [7, 11) is 0. The highest BCUT2D eigenvalue weighted by Crippen LogP contribution is 2.21. The van der Waals surface area contributed by atoms with Gasteiger partial charge in [0.15, 0.2) is 6.04 Å². The fourth-order valence-electron chi connectivity index (χ4n) is 3.25. The maximum Gasteiger partial charge on any atom is 0.330 e. The Labute approximate surface area is 157 Å². The summed E-state index contributed by atoms with van der Waals surface area (Å²) in [5.41, 5.74) is 1.04. The number of carboxylic acid groups (broad SMARTS) is 1. The number of hydrogen-bond donors (Lipinski definition) is 2. The van der Waals surface area contributed by atoms with Crippen LogP contribution in [0.25, 0.3) is 0 Å². The molecular formula is C20H21N3O4. The van der Waals surface area contributed by atoms with Crippen molar-refractivity contribution >= 4 is 17.8 Å². The summed E-state index contributed by atoms with van der Waals surface area (Å²) in [5.74, 6) is -2.04. The van der Waals surface area contributed by atoms with Gasteiger partial charge < -0.3 is 15.3 Å². The van der Waals surface area contributed by atoms with Crippen LogP contribution in [0.2, 0.25) is 0 Å². The third-order valence-corrected chi connectivity index (χ3v) is 4.67. The van der Waals surface area contributed by atoms with E-state index in [-0.39, 0.29) is 18.4 Å². The fraction of sp³-hybridized carbons (Fsp3) is 0.300. The zero-order chi connectivity index (χ0) is 19.2. The number of aromatic nitrogens is 1. The number of nitrogens with zero attached hydrogens (tertiary/aromatic N) is 2. The number of aliphatic carboxylic acids is 1. The van der Waals surface area contributed by atoms with E-state index in [4.69, 9.17) is 0 Å². The molecule has 1 aromatic carbocycles. The maximum absolute atomic E-state index is 12.7.